The summed E-state index contributed by atoms with van der Waals surface area (Å²) in [7, 11) is 2.64. The van der Waals surface area contributed by atoms with E-state index in [2.05, 4.69) is 0 Å². The number of imide groups is 1. The summed E-state index contributed by atoms with van der Waals surface area (Å²) in [6.07, 6.45) is -0.609. The molecular formula is C21H20N2O6. The van der Waals surface area contributed by atoms with Gasteiger partial charge < -0.3 is 15.2 Å². The van der Waals surface area contributed by atoms with Gasteiger partial charge in [0.15, 0.2) is 5.41 Å². The van der Waals surface area contributed by atoms with Gasteiger partial charge in [-0.15, -0.1) is 0 Å². The Labute approximate surface area is 167 Å². The fraction of sp³-hybridized carbons (Fsp3) is 0.238. The van der Waals surface area contributed by atoms with E-state index in [9.17, 15) is 19.2 Å². The highest BCUT2D eigenvalue weighted by Crippen LogP contribution is 2.39. The van der Waals surface area contributed by atoms with Gasteiger partial charge in [0.1, 0.15) is 5.75 Å². The highest BCUT2D eigenvalue weighted by molar-refractivity contribution is 6.22. The normalized spacial score (nSPS) is 18.2. The maximum atomic E-state index is 13.5. The lowest BCUT2D eigenvalue weighted by Gasteiger charge is -2.39. The number of nitrogens with zero attached hydrogens (tertiary/aromatic N) is 1. The van der Waals surface area contributed by atoms with Crippen molar-refractivity contribution < 1.29 is 28.7 Å². The Kier molecular flexibility index (Phi) is 5.36. The Morgan fingerprint density at radius 3 is 2.28 bits per heavy atom. The van der Waals surface area contributed by atoms with Crippen LogP contribution in [0.1, 0.15) is 27.9 Å². The van der Waals surface area contributed by atoms with Crippen molar-refractivity contribution in [2.45, 2.75) is 18.4 Å². The first-order chi connectivity index (χ1) is 13.8. The van der Waals surface area contributed by atoms with Gasteiger partial charge in [0.25, 0.3) is 11.8 Å². The van der Waals surface area contributed by atoms with E-state index in [0.717, 1.165) is 12.0 Å². The van der Waals surface area contributed by atoms with Crippen molar-refractivity contribution in [3.8, 4) is 5.75 Å². The molecule has 2 aromatic rings. The zero-order chi connectivity index (χ0) is 21.2. The summed E-state index contributed by atoms with van der Waals surface area (Å²) in [6.45, 7) is -0.0898. The first kappa shape index (κ1) is 20.1. The van der Waals surface area contributed by atoms with Crippen molar-refractivity contribution in [1.82, 2.24) is 4.90 Å². The molecular weight excluding hydrogens is 376 g/mol. The summed E-state index contributed by atoms with van der Waals surface area (Å²) in [5, 5.41) is 0. The van der Waals surface area contributed by atoms with E-state index in [1.54, 1.807) is 36.4 Å². The van der Waals surface area contributed by atoms with Crippen LogP contribution in [0.5, 0.6) is 5.75 Å². The van der Waals surface area contributed by atoms with Crippen molar-refractivity contribution in [3.63, 3.8) is 0 Å². The predicted molar refractivity (Wildman–Crippen MR) is 102 cm³/mol. The lowest BCUT2D eigenvalue weighted by molar-refractivity contribution is -0.158. The minimum atomic E-state index is -2.02. The molecule has 0 fully saturated rings. The Morgan fingerprint density at radius 1 is 1.03 bits per heavy atom. The van der Waals surface area contributed by atoms with Crippen LogP contribution in [-0.2, 0) is 31.1 Å². The molecule has 2 aromatic carbocycles. The molecule has 0 aliphatic carbocycles. The number of hydrogen-bond acceptors (Lipinski definition) is 6. The van der Waals surface area contributed by atoms with Crippen LogP contribution in [0.3, 0.4) is 0 Å². The number of hydrogen-bond donors (Lipinski definition) is 1. The number of methoxy groups -OCH3 is 2. The minimum Gasteiger partial charge on any atom is -0.497 e. The molecule has 0 saturated carbocycles. The number of amides is 3. The number of ether oxygens (including phenoxy) is 2. The molecule has 1 aliphatic rings. The summed E-state index contributed by atoms with van der Waals surface area (Å²) < 4.78 is 9.97. The van der Waals surface area contributed by atoms with E-state index in [1.807, 2.05) is 0 Å². The van der Waals surface area contributed by atoms with Crippen molar-refractivity contribution in [2.24, 2.45) is 5.73 Å². The van der Waals surface area contributed by atoms with Gasteiger partial charge in [-0.2, -0.15) is 0 Å². The van der Waals surface area contributed by atoms with Gasteiger partial charge in [-0.1, -0.05) is 30.3 Å². The molecule has 1 atom stereocenters. The van der Waals surface area contributed by atoms with Crippen molar-refractivity contribution in [2.75, 3.05) is 14.2 Å². The van der Waals surface area contributed by atoms with E-state index in [1.165, 1.54) is 19.2 Å². The molecule has 3 amide bonds. The Hall–Kier alpha value is -3.68. The van der Waals surface area contributed by atoms with Gasteiger partial charge >= 0.3 is 5.97 Å². The standard InChI is InChI=1S/C21H20N2O6/c1-28-14-9-7-13(8-10-14)12-23-18(25)15-5-3-4-6-16(15)21(19(23)26,11-17(22)24)20(27)29-2/h3-10H,11-12H2,1-2H3,(H2,22,24). The summed E-state index contributed by atoms with van der Waals surface area (Å²) in [5.74, 6) is -2.60. The summed E-state index contributed by atoms with van der Waals surface area (Å²) in [6, 6.07) is 13.0. The second-order valence-corrected chi connectivity index (χ2v) is 6.63. The molecule has 150 valence electrons. The van der Waals surface area contributed by atoms with Crippen LogP contribution in [0.4, 0.5) is 0 Å². The van der Waals surface area contributed by atoms with Crippen LogP contribution in [-0.4, -0.2) is 42.8 Å². The Morgan fingerprint density at radius 2 is 1.69 bits per heavy atom. The fourth-order valence-electron chi connectivity index (χ4n) is 3.56. The van der Waals surface area contributed by atoms with Crippen molar-refractivity contribution in [1.29, 1.82) is 0 Å². The third-order valence-electron chi connectivity index (χ3n) is 4.95. The number of carbonyl (C=O) groups is 4. The number of rotatable bonds is 6. The van der Waals surface area contributed by atoms with Gasteiger partial charge in [0.05, 0.1) is 27.2 Å². The average molecular weight is 396 g/mol. The van der Waals surface area contributed by atoms with Gasteiger partial charge in [-0.25, -0.2) is 0 Å². The van der Waals surface area contributed by atoms with E-state index in [-0.39, 0.29) is 17.7 Å². The topological polar surface area (TPSA) is 116 Å². The average Bonchev–Trinajstić information content (AvgIpc) is 2.73. The number of carbonyl (C=O) groups excluding carboxylic acids is 4. The van der Waals surface area contributed by atoms with Crippen LogP contribution in [0.2, 0.25) is 0 Å². The monoisotopic (exact) mass is 396 g/mol. The molecule has 8 heteroatoms. The second-order valence-electron chi connectivity index (χ2n) is 6.63. The lowest BCUT2D eigenvalue weighted by atomic mass is 9.71. The summed E-state index contributed by atoms with van der Waals surface area (Å²) in [4.78, 5) is 52.0. The fourth-order valence-corrected chi connectivity index (χ4v) is 3.56. The van der Waals surface area contributed by atoms with E-state index in [4.69, 9.17) is 15.2 Å². The smallest absolute Gasteiger partial charge is 0.326 e. The van der Waals surface area contributed by atoms with E-state index < -0.39 is 35.5 Å². The first-order valence-electron chi connectivity index (χ1n) is 8.80. The maximum Gasteiger partial charge on any atom is 0.326 e. The molecule has 0 radical (unpaired) electrons. The lowest BCUT2D eigenvalue weighted by Crippen LogP contribution is -2.59. The molecule has 2 N–H and O–H groups in total. The summed E-state index contributed by atoms with van der Waals surface area (Å²) >= 11 is 0. The van der Waals surface area contributed by atoms with Crippen LogP contribution in [0, 0.1) is 0 Å². The SMILES string of the molecule is COC(=O)C1(CC(N)=O)C(=O)N(Cc2ccc(OC)cc2)C(=O)c2ccccc21. The molecule has 29 heavy (non-hydrogen) atoms. The molecule has 1 aliphatic heterocycles. The van der Waals surface area contributed by atoms with Crippen LogP contribution >= 0.6 is 0 Å². The van der Waals surface area contributed by atoms with Gasteiger partial charge in [-0.05, 0) is 29.3 Å². The van der Waals surface area contributed by atoms with Gasteiger partial charge in [0, 0.05) is 5.56 Å². The van der Waals surface area contributed by atoms with Crippen LogP contribution in [0.25, 0.3) is 0 Å². The second kappa shape index (κ2) is 7.75. The number of primary amides is 1. The minimum absolute atomic E-state index is 0.0898. The molecule has 0 spiro atoms. The summed E-state index contributed by atoms with van der Waals surface area (Å²) in [5.41, 5.74) is 4.26. The Balaban J connectivity index is 2.14. The molecule has 0 saturated heterocycles. The number of benzene rings is 2. The number of nitrogens with two attached hydrogens (primary N) is 1. The third kappa shape index (κ3) is 3.33. The molecule has 3 rings (SSSR count). The molecule has 0 bridgehead atoms. The van der Waals surface area contributed by atoms with E-state index in [0.29, 0.717) is 11.3 Å². The number of esters is 1. The predicted octanol–water partition coefficient (Wildman–Crippen LogP) is 1.16. The van der Waals surface area contributed by atoms with Crippen LogP contribution in [0.15, 0.2) is 48.5 Å². The van der Waals surface area contributed by atoms with Gasteiger partial charge in [-0.3, -0.25) is 24.1 Å². The van der Waals surface area contributed by atoms with Crippen LogP contribution < -0.4 is 10.5 Å². The molecule has 0 aromatic heterocycles. The number of fused-ring (bicyclic) bond motifs is 1. The zero-order valence-electron chi connectivity index (χ0n) is 16.0. The van der Waals surface area contributed by atoms with Crippen molar-refractivity contribution in [3.05, 3.63) is 65.2 Å². The highest BCUT2D eigenvalue weighted by atomic mass is 16.5. The van der Waals surface area contributed by atoms with Crippen molar-refractivity contribution >= 4 is 23.7 Å². The molecule has 8 nitrogen and oxygen atoms in total. The van der Waals surface area contributed by atoms with Gasteiger partial charge in [0.2, 0.25) is 5.91 Å². The largest absolute Gasteiger partial charge is 0.497 e. The zero-order valence-corrected chi connectivity index (χ0v) is 16.0. The quantitative estimate of drug-likeness (QED) is 0.445. The molecule has 1 heterocycles. The van der Waals surface area contributed by atoms with E-state index >= 15 is 0 Å². The Bertz CT molecular complexity index is 985. The first-order valence-corrected chi connectivity index (χ1v) is 8.80. The highest BCUT2D eigenvalue weighted by Gasteiger charge is 2.57. The third-order valence-corrected chi connectivity index (χ3v) is 4.95. The molecule has 1 unspecified atom stereocenters. The maximum absolute atomic E-state index is 13.5.